The Kier molecular flexibility index (Phi) is 5.52. The van der Waals surface area contributed by atoms with E-state index >= 15 is 0 Å². The summed E-state index contributed by atoms with van der Waals surface area (Å²) in [7, 11) is 0. The molecule has 1 atom stereocenters. The summed E-state index contributed by atoms with van der Waals surface area (Å²) < 4.78 is 5.05. The van der Waals surface area contributed by atoms with Crippen molar-refractivity contribution in [2.75, 3.05) is 6.61 Å². The van der Waals surface area contributed by atoms with Crippen molar-refractivity contribution in [3.63, 3.8) is 0 Å². The van der Waals surface area contributed by atoms with Crippen LogP contribution < -0.4 is 5.32 Å². The maximum absolute atomic E-state index is 12.4. The van der Waals surface area contributed by atoms with Gasteiger partial charge in [-0.2, -0.15) is 0 Å². The summed E-state index contributed by atoms with van der Waals surface area (Å²) in [6.45, 7) is 7.37. The molecule has 2 aromatic rings. The summed E-state index contributed by atoms with van der Waals surface area (Å²) in [6, 6.07) is 12.6. The summed E-state index contributed by atoms with van der Waals surface area (Å²) in [5, 5.41) is 4.80. The van der Waals surface area contributed by atoms with Crippen LogP contribution in [0.3, 0.4) is 0 Å². The quantitative estimate of drug-likeness (QED) is 0.657. The van der Waals surface area contributed by atoms with E-state index in [1.807, 2.05) is 50.2 Å². The smallest absolute Gasteiger partial charge is 0.329 e. The lowest BCUT2D eigenvalue weighted by atomic mass is 10.0. The lowest BCUT2D eigenvalue weighted by Crippen LogP contribution is -2.45. The Labute approximate surface area is 136 Å². The van der Waals surface area contributed by atoms with Crippen LogP contribution in [0.15, 0.2) is 55.1 Å². The number of hydrogen-bond donors (Lipinski definition) is 1. The summed E-state index contributed by atoms with van der Waals surface area (Å²) >= 11 is 0. The first-order valence-electron chi connectivity index (χ1n) is 7.60. The Hall–Kier alpha value is -2.62. The van der Waals surface area contributed by atoms with Crippen molar-refractivity contribution in [3.8, 4) is 0 Å². The highest BCUT2D eigenvalue weighted by atomic mass is 16.5. The third kappa shape index (κ3) is 4.19. The van der Waals surface area contributed by atoms with Crippen LogP contribution in [0.2, 0.25) is 0 Å². The Balaban J connectivity index is 2.16. The Morgan fingerprint density at radius 1 is 1.17 bits per heavy atom. The van der Waals surface area contributed by atoms with E-state index in [-0.39, 0.29) is 18.4 Å². The Morgan fingerprint density at radius 3 is 2.52 bits per heavy atom. The average Bonchev–Trinajstić information content (AvgIpc) is 2.56. The molecule has 0 aliphatic heterocycles. The van der Waals surface area contributed by atoms with Crippen molar-refractivity contribution >= 4 is 22.6 Å². The molecule has 0 spiro atoms. The molecule has 0 bridgehead atoms. The van der Waals surface area contributed by atoms with Gasteiger partial charge in [-0.1, -0.05) is 56.8 Å². The summed E-state index contributed by atoms with van der Waals surface area (Å²) in [5.41, 5.74) is 0.519. The van der Waals surface area contributed by atoms with E-state index in [4.69, 9.17) is 4.74 Å². The van der Waals surface area contributed by atoms with Gasteiger partial charge in [0.15, 0.2) is 0 Å². The van der Waals surface area contributed by atoms with Crippen LogP contribution in [0.4, 0.5) is 0 Å². The van der Waals surface area contributed by atoms with Gasteiger partial charge in [0.1, 0.15) is 12.6 Å². The zero-order valence-electron chi connectivity index (χ0n) is 13.4. The van der Waals surface area contributed by atoms with Gasteiger partial charge in [0.25, 0.3) is 5.91 Å². The molecule has 0 fully saturated rings. The van der Waals surface area contributed by atoms with Crippen molar-refractivity contribution in [1.29, 1.82) is 0 Å². The number of benzene rings is 2. The third-order valence-corrected chi connectivity index (χ3v) is 3.56. The summed E-state index contributed by atoms with van der Waals surface area (Å²) in [5.74, 6) is -0.809. The molecule has 0 aromatic heterocycles. The second-order valence-electron chi connectivity index (χ2n) is 5.68. The van der Waals surface area contributed by atoms with Crippen LogP contribution in [0.5, 0.6) is 0 Å². The minimum absolute atomic E-state index is 0.0725. The van der Waals surface area contributed by atoms with Gasteiger partial charge in [-0.3, -0.25) is 4.79 Å². The second-order valence-corrected chi connectivity index (χ2v) is 5.68. The number of ether oxygens (including phenoxy) is 1. The standard InChI is InChI=1S/C19H21NO3/c1-4-11-23-19(22)17(13(2)3)20-18(21)16-10-9-14-7-5-6-8-15(14)12-16/h4-10,12-13,17H,1,11H2,2-3H3,(H,20,21)/t17-/m0/s1. The van der Waals surface area contributed by atoms with E-state index in [0.717, 1.165) is 10.8 Å². The van der Waals surface area contributed by atoms with Crippen LogP contribution in [0.25, 0.3) is 10.8 Å². The number of rotatable bonds is 6. The van der Waals surface area contributed by atoms with E-state index in [0.29, 0.717) is 5.56 Å². The molecule has 0 saturated heterocycles. The highest BCUT2D eigenvalue weighted by Crippen LogP contribution is 2.16. The van der Waals surface area contributed by atoms with E-state index < -0.39 is 12.0 Å². The number of nitrogens with one attached hydrogen (secondary N) is 1. The number of esters is 1. The number of carbonyl (C=O) groups excluding carboxylic acids is 2. The van der Waals surface area contributed by atoms with Gasteiger partial charge in [0.2, 0.25) is 0 Å². The fourth-order valence-corrected chi connectivity index (χ4v) is 2.28. The van der Waals surface area contributed by atoms with Gasteiger partial charge in [-0.25, -0.2) is 4.79 Å². The van der Waals surface area contributed by atoms with Crippen LogP contribution >= 0.6 is 0 Å². The highest BCUT2D eigenvalue weighted by Gasteiger charge is 2.25. The molecule has 0 saturated carbocycles. The van der Waals surface area contributed by atoms with Crippen molar-refractivity contribution in [3.05, 3.63) is 60.7 Å². The van der Waals surface area contributed by atoms with Crippen LogP contribution in [0.1, 0.15) is 24.2 Å². The fourth-order valence-electron chi connectivity index (χ4n) is 2.28. The van der Waals surface area contributed by atoms with E-state index in [1.165, 1.54) is 6.08 Å². The molecule has 1 amide bonds. The first-order chi connectivity index (χ1) is 11.0. The van der Waals surface area contributed by atoms with E-state index in [9.17, 15) is 9.59 Å². The highest BCUT2D eigenvalue weighted by molar-refractivity contribution is 6.00. The molecule has 0 unspecified atom stereocenters. The van der Waals surface area contributed by atoms with Crippen LogP contribution in [-0.2, 0) is 9.53 Å². The van der Waals surface area contributed by atoms with Crippen molar-refractivity contribution < 1.29 is 14.3 Å². The van der Waals surface area contributed by atoms with Gasteiger partial charge < -0.3 is 10.1 Å². The minimum Gasteiger partial charge on any atom is -0.460 e. The predicted octanol–water partition coefficient (Wildman–Crippen LogP) is 3.32. The maximum Gasteiger partial charge on any atom is 0.329 e. The Bertz CT molecular complexity index is 721. The largest absolute Gasteiger partial charge is 0.460 e. The lowest BCUT2D eigenvalue weighted by Gasteiger charge is -2.20. The van der Waals surface area contributed by atoms with Crippen molar-refractivity contribution in [1.82, 2.24) is 5.32 Å². The minimum atomic E-state index is -0.686. The number of amides is 1. The fraction of sp³-hybridized carbons (Fsp3) is 0.263. The topological polar surface area (TPSA) is 55.4 Å². The molecule has 120 valence electrons. The lowest BCUT2D eigenvalue weighted by molar-refractivity contribution is -0.145. The maximum atomic E-state index is 12.4. The molecular weight excluding hydrogens is 290 g/mol. The predicted molar refractivity (Wildman–Crippen MR) is 91.2 cm³/mol. The van der Waals surface area contributed by atoms with Gasteiger partial charge in [0.05, 0.1) is 0 Å². The number of carbonyl (C=O) groups is 2. The van der Waals surface area contributed by atoms with Gasteiger partial charge >= 0.3 is 5.97 Å². The van der Waals surface area contributed by atoms with Crippen LogP contribution in [-0.4, -0.2) is 24.5 Å². The summed E-state index contributed by atoms with van der Waals surface area (Å²) in [6.07, 6.45) is 1.50. The molecular formula is C19H21NO3. The zero-order valence-corrected chi connectivity index (χ0v) is 13.4. The molecule has 4 nitrogen and oxygen atoms in total. The van der Waals surface area contributed by atoms with Gasteiger partial charge in [-0.15, -0.1) is 0 Å². The van der Waals surface area contributed by atoms with Crippen molar-refractivity contribution in [2.45, 2.75) is 19.9 Å². The van der Waals surface area contributed by atoms with E-state index in [1.54, 1.807) is 6.07 Å². The van der Waals surface area contributed by atoms with Crippen molar-refractivity contribution in [2.24, 2.45) is 5.92 Å². The number of fused-ring (bicyclic) bond motifs is 1. The molecule has 2 aromatic carbocycles. The number of hydrogen-bond acceptors (Lipinski definition) is 3. The molecule has 0 aliphatic rings. The normalized spacial score (nSPS) is 12.0. The van der Waals surface area contributed by atoms with E-state index in [2.05, 4.69) is 11.9 Å². The second kappa shape index (κ2) is 7.58. The van der Waals surface area contributed by atoms with Gasteiger partial charge in [-0.05, 0) is 28.8 Å². The van der Waals surface area contributed by atoms with Gasteiger partial charge in [0, 0.05) is 5.56 Å². The summed E-state index contributed by atoms with van der Waals surface area (Å²) in [4.78, 5) is 24.5. The Morgan fingerprint density at radius 2 is 1.87 bits per heavy atom. The zero-order chi connectivity index (χ0) is 16.8. The first-order valence-corrected chi connectivity index (χ1v) is 7.60. The first kappa shape index (κ1) is 16.7. The van der Waals surface area contributed by atoms with Crippen LogP contribution in [0, 0.1) is 5.92 Å². The SMILES string of the molecule is C=CCOC(=O)[C@@H](NC(=O)c1ccc2ccccc2c1)C(C)C. The monoisotopic (exact) mass is 311 g/mol. The molecule has 1 N–H and O–H groups in total. The third-order valence-electron chi connectivity index (χ3n) is 3.56. The molecule has 4 heteroatoms. The molecule has 2 rings (SSSR count). The average molecular weight is 311 g/mol. The molecule has 0 radical (unpaired) electrons. The molecule has 0 heterocycles. The molecule has 23 heavy (non-hydrogen) atoms. The molecule has 0 aliphatic carbocycles.